The fraction of sp³-hybridized carbons (Fsp3) is 0.467. The van der Waals surface area contributed by atoms with E-state index < -0.39 is 29.6 Å². The summed E-state index contributed by atoms with van der Waals surface area (Å²) in [7, 11) is 2.79. The molecule has 3 rings (SSSR count). The number of amides is 3. The molecule has 10 heteroatoms. The van der Waals surface area contributed by atoms with Crippen molar-refractivity contribution in [1.29, 1.82) is 5.41 Å². The van der Waals surface area contributed by atoms with Gasteiger partial charge in [0.05, 0.1) is 20.3 Å². The molecule has 10 nitrogen and oxygen atoms in total. The van der Waals surface area contributed by atoms with Gasteiger partial charge in [-0.05, 0) is 61.8 Å². The largest absolute Gasteiger partial charge is 0.497 e. The van der Waals surface area contributed by atoms with Crippen LogP contribution in [0.2, 0.25) is 0 Å². The van der Waals surface area contributed by atoms with Crippen LogP contribution < -0.4 is 15.8 Å². The number of ether oxygens (including phenoxy) is 2. The zero-order valence-corrected chi connectivity index (χ0v) is 24.0. The van der Waals surface area contributed by atoms with Crippen molar-refractivity contribution in [1.82, 2.24) is 15.1 Å². The average Bonchev–Trinajstić information content (AvgIpc) is 3.18. The second-order valence-corrected chi connectivity index (χ2v) is 10.6. The van der Waals surface area contributed by atoms with E-state index in [-0.39, 0.29) is 30.8 Å². The first-order chi connectivity index (χ1) is 19.0. The Morgan fingerprint density at radius 3 is 2.30 bits per heavy atom. The monoisotopic (exact) mass is 551 g/mol. The van der Waals surface area contributed by atoms with Crippen molar-refractivity contribution in [3.8, 4) is 5.75 Å². The van der Waals surface area contributed by atoms with E-state index in [4.69, 9.17) is 20.6 Å². The molecule has 2 aromatic carbocycles. The highest BCUT2D eigenvalue weighted by atomic mass is 16.5. The Hall–Kier alpha value is -3.92. The first kappa shape index (κ1) is 30.6. The molecular formula is C30H41N5O5. The number of guanidine groups is 1. The van der Waals surface area contributed by atoms with Gasteiger partial charge in [-0.15, -0.1) is 0 Å². The lowest BCUT2D eigenvalue weighted by atomic mass is 9.82. The third kappa shape index (κ3) is 6.80. The molecule has 3 atom stereocenters. The summed E-state index contributed by atoms with van der Waals surface area (Å²) >= 11 is 0. The van der Waals surface area contributed by atoms with Crippen molar-refractivity contribution in [2.24, 2.45) is 11.7 Å². The van der Waals surface area contributed by atoms with Gasteiger partial charge in [-0.1, -0.05) is 56.3 Å². The molecule has 2 aromatic rings. The van der Waals surface area contributed by atoms with Crippen LogP contribution in [0, 0.1) is 11.3 Å². The van der Waals surface area contributed by atoms with E-state index in [1.807, 2.05) is 56.3 Å². The molecule has 0 radical (unpaired) electrons. The molecule has 1 aliphatic rings. The summed E-state index contributed by atoms with van der Waals surface area (Å²) in [5.41, 5.74) is 6.88. The highest BCUT2D eigenvalue weighted by Crippen LogP contribution is 2.35. The fourth-order valence-electron chi connectivity index (χ4n) is 5.20. The van der Waals surface area contributed by atoms with Gasteiger partial charge in [-0.3, -0.25) is 19.9 Å². The van der Waals surface area contributed by atoms with Crippen LogP contribution in [0.4, 0.5) is 4.79 Å². The lowest BCUT2D eigenvalue weighted by Gasteiger charge is -2.30. The van der Waals surface area contributed by atoms with E-state index in [0.717, 1.165) is 16.0 Å². The quantitative estimate of drug-likeness (QED) is 0.366. The minimum Gasteiger partial charge on any atom is -0.497 e. The maximum Gasteiger partial charge on any atom is 0.416 e. The predicted molar refractivity (Wildman–Crippen MR) is 153 cm³/mol. The van der Waals surface area contributed by atoms with E-state index >= 15 is 0 Å². The maximum atomic E-state index is 13.7. The summed E-state index contributed by atoms with van der Waals surface area (Å²) in [5, 5.41) is 11.7. The Morgan fingerprint density at radius 2 is 1.73 bits per heavy atom. The van der Waals surface area contributed by atoms with Gasteiger partial charge in [0, 0.05) is 12.6 Å². The van der Waals surface area contributed by atoms with Crippen LogP contribution in [0.25, 0.3) is 0 Å². The number of carbonyl (C=O) groups is 3. The number of rotatable bonds is 12. The molecule has 1 fully saturated rings. The standard InChI is InChI=1S/C30H41N5O5/c1-20(2)19-30(23-11-7-6-8-12-23)27(37)34(28(32)33-30)17-9-10-21(3)35(29(38)40-5)26(36)25(31)18-22-13-15-24(39-4)16-14-22/h6-8,11-16,20-21,25H,9-10,17-19,31H2,1-5H3,(H2,32,33)/t21?,25-,30?/m0/s1. The van der Waals surface area contributed by atoms with Crippen molar-refractivity contribution in [2.75, 3.05) is 20.8 Å². The lowest BCUT2D eigenvalue weighted by molar-refractivity contribution is -0.133. The molecule has 0 spiro atoms. The van der Waals surface area contributed by atoms with Crippen molar-refractivity contribution in [3.63, 3.8) is 0 Å². The summed E-state index contributed by atoms with van der Waals surface area (Å²) in [4.78, 5) is 42.1. The lowest BCUT2D eigenvalue weighted by Crippen LogP contribution is -2.51. The Bertz CT molecular complexity index is 1190. The van der Waals surface area contributed by atoms with Crippen LogP contribution in [0.3, 0.4) is 0 Å². The van der Waals surface area contributed by atoms with Crippen molar-refractivity contribution in [2.45, 2.75) is 64.1 Å². The normalized spacial score (nSPS) is 18.3. The van der Waals surface area contributed by atoms with Crippen LogP contribution in [-0.4, -0.2) is 66.5 Å². The molecule has 0 bridgehead atoms. The summed E-state index contributed by atoms with van der Waals surface area (Å²) in [6.45, 7) is 6.11. The van der Waals surface area contributed by atoms with Crippen LogP contribution in [0.15, 0.2) is 54.6 Å². The minimum absolute atomic E-state index is 0.0459. The first-order valence-corrected chi connectivity index (χ1v) is 13.6. The van der Waals surface area contributed by atoms with Crippen LogP contribution in [-0.2, 0) is 26.3 Å². The second-order valence-electron chi connectivity index (χ2n) is 10.6. The van der Waals surface area contributed by atoms with Gasteiger partial charge in [-0.2, -0.15) is 0 Å². The number of nitrogens with one attached hydrogen (secondary N) is 2. The van der Waals surface area contributed by atoms with Crippen LogP contribution in [0.1, 0.15) is 51.2 Å². The van der Waals surface area contributed by atoms with E-state index in [1.54, 1.807) is 26.2 Å². The Balaban J connectivity index is 1.67. The van der Waals surface area contributed by atoms with Gasteiger partial charge >= 0.3 is 6.09 Å². The van der Waals surface area contributed by atoms with Crippen molar-refractivity contribution < 1.29 is 23.9 Å². The SMILES string of the molecule is COC(=O)N(C(=O)[C@@H](N)Cc1ccc(OC)cc1)C(C)CCCN1C(=N)NC(CC(C)C)(c2ccccc2)C1=O. The number of nitrogens with two attached hydrogens (primary N) is 1. The minimum atomic E-state index is -1.000. The molecular weight excluding hydrogens is 510 g/mol. The van der Waals surface area contributed by atoms with Crippen LogP contribution in [0.5, 0.6) is 5.75 Å². The topological polar surface area (TPSA) is 138 Å². The Kier molecular flexibility index (Phi) is 10.3. The van der Waals surface area contributed by atoms with E-state index in [2.05, 4.69) is 5.32 Å². The van der Waals surface area contributed by atoms with Crippen LogP contribution >= 0.6 is 0 Å². The molecule has 4 N–H and O–H groups in total. The molecule has 0 aliphatic carbocycles. The summed E-state index contributed by atoms with van der Waals surface area (Å²) < 4.78 is 10.1. The van der Waals surface area contributed by atoms with E-state index in [1.165, 1.54) is 12.0 Å². The number of hydrogen-bond acceptors (Lipinski definition) is 7. The number of hydrogen-bond donors (Lipinski definition) is 3. The van der Waals surface area contributed by atoms with Gasteiger partial charge in [0.25, 0.3) is 5.91 Å². The van der Waals surface area contributed by atoms with Gasteiger partial charge in [0.1, 0.15) is 11.3 Å². The molecule has 216 valence electrons. The number of carbonyl (C=O) groups excluding carboxylic acids is 3. The smallest absolute Gasteiger partial charge is 0.416 e. The number of nitrogens with zero attached hydrogens (tertiary/aromatic N) is 2. The van der Waals surface area contributed by atoms with E-state index in [0.29, 0.717) is 25.0 Å². The van der Waals surface area contributed by atoms with Crippen molar-refractivity contribution in [3.05, 3.63) is 65.7 Å². The fourth-order valence-corrected chi connectivity index (χ4v) is 5.20. The zero-order chi connectivity index (χ0) is 29.4. The molecule has 1 heterocycles. The van der Waals surface area contributed by atoms with Gasteiger partial charge < -0.3 is 20.5 Å². The first-order valence-electron chi connectivity index (χ1n) is 13.6. The zero-order valence-electron chi connectivity index (χ0n) is 24.0. The Labute approximate surface area is 236 Å². The average molecular weight is 552 g/mol. The molecule has 3 amide bonds. The molecule has 1 saturated heterocycles. The summed E-state index contributed by atoms with van der Waals surface area (Å²) in [6.07, 6.45) is 0.857. The number of benzene rings is 2. The second kappa shape index (κ2) is 13.4. The van der Waals surface area contributed by atoms with E-state index in [9.17, 15) is 14.4 Å². The van der Waals surface area contributed by atoms with Crippen molar-refractivity contribution >= 4 is 23.9 Å². The number of methoxy groups -OCH3 is 2. The number of imide groups is 1. The molecule has 0 saturated carbocycles. The summed E-state index contributed by atoms with van der Waals surface area (Å²) in [5.74, 6) is 0.239. The third-order valence-electron chi connectivity index (χ3n) is 7.18. The molecule has 40 heavy (non-hydrogen) atoms. The molecule has 1 aliphatic heterocycles. The summed E-state index contributed by atoms with van der Waals surface area (Å²) in [6, 6.07) is 15.2. The highest BCUT2D eigenvalue weighted by Gasteiger charge is 2.50. The third-order valence-corrected chi connectivity index (χ3v) is 7.18. The molecule has 0 aromatic heterocycles. The maximum absolute atomic E-state index is 13.7. The van der Waals surface area contributed by atoms with Gasteiger partial charge in [-0.25, -0.2) is 9.69 Å². The van der Waals surface area contributed by atoms with Gasteiger partial charge in [0.2, 0.25) is 5.91 Å². The predicted octanol–water partition coefficient (Wildman–Crippen LogP) is 3.64. The van der Waals surface area contributed by atoms with Gasteiger partial charge in [0.15, 0.2) is 5.96 Å². The molecule has 2 unspecified atom stereocenters. The Morgan fingerprint density at radius 1 is 1.07 bits per heavy atom. The highest BCUT2D eigenvalue weighted by molar-refractivity contribution is 6.08.